The summed E-state index contributed by atoms with van der Waals surface area (Å²) in [6.45, 7) is 5.56. The van der Waals surface area contributed by atoms with E-state index in [1.807, 2.05) is 10.3 Å². The first-order chi connectivity index (χ1) is 12.1. The Hall–Kier alpha value is -2.02. The SMILES string of the molecule is CC(C)c1csc(C(=O)N2CCc3ncnc(NC4CC4)c3CC2)n1. The van der Waals surface area contributed by atoms with Gasteiger partial charge in [0.05, 0.1) is 11.4 Å². The van der Waals surface area contributed by atoms with Gasteiger partial charge < -0.3 is 10.2 Å². The number of fused-ring (bicyclic) bond motifs is 1. The molecule has 0 spiro atoms. The summed E-state index contributed by atoms with van der Waals surface area (Å²) in [6, 6.07) is 0.560. The zero-order chi connectivity index (χ0) is 17.4. The topological polar surface area (TPSA) is 71.0 Å². The van der Waals surface area contributed by atoms with E-state index in [2.05, 4.69) is 34.1 Å². The third-order valence-corrected chi connectivity index (χ3v) is 5.64. The summed E-state index contributed by atoms with van der Waals surface area (Å²) in [5.74, 6) is 1.34. The number of hydrogen-bond donors (Lipinski definition) is 1. The van der Waals surface area contributed by atoms with E-state index in [4.69, 9.17) is 0 Å². The van der Waals surface area contributed by atoms with Gasteiger partial charge in [-0.25, -0.2) is 15.0 Å². The predicted molar refractivity (Wildman–Crippen MR) is 98.2 cm³/mol. The lowest BCUT2D eigenvalue weighted by molar-refractivity contribution is 0.0762. The second-order valence-corrected chi connectivity index (χ2v) is 7.95. The van der Waals surface area contributed by atoms with Gasteiger partial charge in [-0.05, 0) is 25.2 Å². The first-order valence-corrected chi connectivity index (χ1v) is 9.83. The van der Waals surface area contributed by atoms with Crippen LogP contribution in [0.5, 0.6) is 0 Å². The fourth-order valence-electron chi connectivity index (χ4n) is 3.06. The quantitative estimate of drug-likeness (QED) is 0.911. The Balaban J connectivity index is 1.50. The van der Waals surface area contributed by atoms with Crippen molar-refractivity contribution in [1.82, 2.24) is 19.9 Å². The second kappa shape index (κ2) is 6.71. The largest absolute Gasteiger partial charge is 0.367 e. The molecule has 6 nitrogen and oxygen atoms in total. The number of thiazole rings is 1. The van der Waals surface area contributed by atoms with Gasteiger partial charge in [-0.1, -0.05) is 13.8 Å². The van der Waals surface area contributed by atoms with Gasteiger partial charge in [0.15, 0.2) is 5.01 Å². The van der Waals surface area contributed by atoms with Gasteiger partial charge in [-0.2, -0.15) is 0 Å². The number of amides is 1. The fraction of sp³-hybridized carbons (Fsp3) is 0.556. The Morgan fingerprint density at radius 2 is 2.08 bits per heavy atom. The molecule has 2 aromatic rings. The zero-order valence-corrected chi connectivity index (χ0v) is 15.5. The van der Waals surface area contributed by atoms with Crippen molar-refractivity contribution in [3.63, 3.8) is 0 Å². The Labute approximate surface area is 151 Å². The Morgan fingerprint density at radius 3 is 2.80 bits per heavy atom. The number of rotatable bonds is 4. The highest BCUT2D eigenvalue weighted by atomic mass is 32.1. The molecule has 0 radical (unpaired) electrons. The van der Waals surface area contributed by atoms with Gasteiger partial charge in [-0.3, -0.25) is 4.79 Å². The number of carbonyl (C=O) groups excluding carboxylic acids is 1. The Morgan fingerprint density at radius 1 is 1.28 bits per heavy atom. The molecule has 3 heterocycles. The van der Waals surface area contributed by atoms with E-state index in [-0.39, 0.29) is 5.91 Å². The van der Waals surface area contributed by atoms with Crippen LogP contribution < -0.4 is 5.32 Å². The van der Waals surface area contributed by atoms with Crippen LogP contribution in [-0.4, -0.2) is 44.9 Å². The van der Waals surface area contributed by atoms with Crippen LogP contribution in [0.2, 0.25) is 0 Å². The van der Waals surface area contributed by atoms with E-state index in [1.54, 1.807) is 6.33 Å². The summed E-state index contributed by atoms with van der Waals surface area (Å²) >= 11 is 1.45. The normalized spacial score (nSPS) is 17.3. The highest BCUT2D eigenvalue weighted by Crippen LogP contribution is 2.28. The summed E-state index contributed by atoms with van der Waals surface area (Å²) in [6.07, 6.45) is 5.62. The average molecular weight is 357 g/mol. The standard InChI is InChI=1S/C18H23N5OS/c1-11(2)15-9-25-17(22-15)18(24)23-7-5-13-14(6-8-23)19-10-20-16(13)21-12-3-4-12/h9-12H,3-8H2,1-2H3,(H,19,20,21). The van der Waals surface area contributed by atoms with Crippen LogP contribution in [0.4, 0.5) is 5.82 Å². The van der Waals surface area contributed by atoms with Crippen molar-refractivity contribution >= 4 is 23.1 Å². The number of aromatic nitrogens is 3. The van der Waals surface area contributed by atoms with Crippen molar-refractivity contribution in [2.75, 3.05) is 18.4 Å². The first-order valence-electron chi connectivity index (χ1n) is 8.96. The number of nitrogens with one attached hydrogen (secondary N) is 1. The van der Waals surface area contributed by atoms with E-state index >= 15 is 0 Å². The van der Waals surface area contributed by atoms with Crippen molar-refractivity contribution in [3.8, 4) is 0 Å². The molecule has 0 aromatic carbocycles. The van der Waals surface area contributed by atoms with Gasteiger partial charge in [0, 0.05) is 36.5 Å². The van der Waals surface area contributed by atoms with Crippen molar-refractivity contribution in [2.24, 2.45) is 0 Å². The van der Waals surface area contributed by atoms with Crippen LogP contribution in [0, 0.1) is 0 Å². The van der Waals surface area contributed by atoms with E-state index in [0.29, 0.717) is 30.1 Å². The van der Waals surface area contributed by atoms with Gasteiger partial charge in [0.2, 0.25) is 0 Å². The van der Waals surface area contributed by atoms with Crippen LogP contribution in [0.25, 0.3) is 0 Å². The van der Waals surface area contributed by atoms with Crippen LogP contribution in [0.1, 0.15) is 59.4 Å². The molecule has 7 heteroatoms. The monoisotopic (exact) mass is 357 g/mol. The third kappa shape index (κ3) is 3.51. The lowest BCUT2D eigenvalue weighted by atomic mass is 10.1. The third-order valence-electron chi connectivity index (χ3n) is 4.79. The van der Waals surface area contributed by atoms with Gasteiger partial charge in [-0.15, -0.1) is 11.3 Å². The van der Waals surface area contributed by atoms with Crippen LogP contribution in [0.15, 0.2) is 11.7 Å². The van der Waals surface area contributed by atoms with Crippen molar-refractivity contribution in [3.05, 3.63) is 33.7 Å². The molecule has 4 rings (SSSR count). The second-order valence-electron chi connectivity index (χ2n) is 7.09. The number of nitrogens with zero attached hydrogens (tertiary/aromatic N) is 4. The minimum atomic E-state index is 0.0365. The van der Waals surface area contributed by atoms with Crippen LogP contribution in [-0.2, 0) is 12.8 Å². The minimum Gasteiger partial charge on any atom is -0.367 e. The number of hydrogen-bond acceptors (Lipinski definition) is 6. The molecule has 0 atom stereocenters. The number of anilines is 1. The Kier molecular flexibility index (Phi) is 4.41. The maximum absolute atomic E-state index is 12.8. The molecule has 1 fully saturated rings. The summed E-state index contributed by atoms with van der Waals surface area (Å²) in [5.41, 5.74) is 3.23. The smallest absolute Gasteiger partial charge is 0.282 e. The van der Waals surface area contributed by atoms with Crippen molar-refractivity contribution < 1.29 is 4.79 Å². The maximum Gasteiger partial charge on any atom is 0.282 e. The molecular formula is C18H23N5OS. The molecule has 1 amide bonds. The van der Waals surface area contributed by atoms with Crippen molar-refractivity contribution in [2.45, 2.75) is 51.5 Å². The summed E-state index contributed by atoms with van der Waals surface area (Å²) in [5, 5.41) is 6.09. The molecule has 1 N–H and O–H groups in total. The van der Waals surface area contributed by atoms with Gasteiger partial charge >= 0.3 is 0 Å². The summed E-state index contributed by atoms with van der Waals surface area (Å²) in [4.78, 5) is 28.1. The molecule has 25 heavy (non-hydrogen) atoms. The van der Waals surface area contributed by atoms with Crippen LogP contribution in [0.3, 0.4) is 0 Å². The lowest BCUT2D eigenvalue weighted by Crippen LogP contribution is -2.33. The van der Waals surface area contributed by atoms with Gasteiger partial charge in [0.1, 0.15) is 12.1 Å². The molecule has 2 aliphatic rings. The summed E-state index contributed by atoms with van der Waals surface area (Å²) in [7, 11) is 0. The van der Waals surface area contributed by atoms with E-state index in [1.165, 1.54) is 29.7 Å². The maximum atomic E-state index is 12.8. The molecule has 1 aliphatic carbocycles. The minimum absolute atomic E-state index is 0.0365. The zero-order valence-electron chi connectivity index (χ0n) is 14.7. The number of carbonyl (C=O) groups is 1. The molecule has 132 valence electrons. The first kappa shape index (κ1) is 16.4. The Bertz CT molecular complexity index is 784. The molecule has 2 aromatic heterocycles. The van der Waals surface area contributed by atoms with Crippen LogP contribution >= 0.6 is 11.3 Å². The highest BCUT2D eigenvalue weighted by Gasteiger charge is 2.27. The van der Waals surface area contributed by atoms with E-state index in [0.717, 1.165) is 30.0 Å². The highest BCUT2D eigenvalue weighted by molar-refractivity contribution is 7.11. The average Bonchev–Trinajstić information content (AvgIpc) is 3.32. The van der Waals surface area contributed by atoms with E-state index in [9.17, 15) is 4.79 Å². The van der Waals surface area contributed by atoms with Crippen molar-refractivity contribution in [1.29, 1.82) is 0 Å². The molecule has 1 saturated carbocycles. The molecular weight excluding hydrogens is 334 g/mol. The lowest BCUT2D eigenvalue weighted by Gasteiger charge is -2.18. The van der Waals surface area contributed by atoms with Gasteiger partial charge in [0.25, 0.3) is 5.91 Å². The molecule has 0 unspecified atom stereocenters. The summed E-state index contributed by atoms with van der Waals surface area (Å²) < 4.78 is 0. The fourth-order valence-corrected chi connectivity index (χ4v) is 4.00. The molecule has 1 aliphatic heterocycles. The van der Waals surface area contributed by atoms with E-state index < -0.39 is 0 Å². The molecule has 0 bridgehead atoms. The molecule has 0 saturated heterocycles. The predicted octanol–water partition coefficient (Wildman–Crippen LogP) is 2.87.